The van der Waals surface area contributed by atoms with E-state index >= 15 is 0 Å². The zero-order valence-electron chi connectivity index (χ0n) is 19.9. The molecule has 0 radical (unpaired) electrons. The predicted molar refractivity (Wildman–Crippen MR) is 142 cm³/mol. The van der Waals surface area contributed by atoms with E-state index in [0.717, 1.165) is 22.5 Å². The van der Waals surface area contributed by atoms with Crippen molar-refractivity contribution in [3.63, 3.8) is 0 Å². The number of allylic oxidation sites excluding steroid dienone is 1. The summed E-state index contributed by atoms with van der Waals surface area (Å²) in [5.41, 5.74) is 3.52. The van der Waals surface area contributed by atoms with Gasteiger partial charge in [-0.15, -0.1) is 0 Å². The highest BCUT2D eigenvalue weighted by Crippen LogP contribution is 2.44. The molecule has 182 valence electrons. The Labute approximate surface area is 215 Å². The number of hydrogen-bond donors (Lipinski definition) is 0. The van der Waals surface area contributed by atoms with Crippen molar-refractivity contribution in [3.05, 3.63) is 81.8 Å². The molecule has 0 fully saturated rings. The summed E-state index contributed by atoms with van der Waals surface area (Å²) in [6.07, 6.45) is 4.58. The molecule has 0 aliphatic carbocycles. The molecule has 0 bridgehead atoms. The van der Waals surface area contributed by atoms with Gasteiger partial charge in [-0.05, 0) is 42.5 Å². The quantitative estimate of drug-likeness (QED) is 0.323. The van der Waals surface area contributed by atoms with Gasteiger partial charge in [0.25, 0.3) is 0 Å². The van der Waals surface area contributed by atoms with Crippen LogP contribution in [0.25, 0.3) is 6.08 Å². The van der Waals surface area contributed by atoms with Crippen LogP contribution >= 0.6 is 23.2 Å². The standard InChI is InChI=1S/C27H26Cl2N2O4/c1-32-24-9-5-7-17(26(24)34-3)11-12-18-15-23(20-8-6-10-25(33-2)27(20)35-4)31(30-18)19-13-14-21(28)22(29)16-19/h5-14,16,23H,15H2,1-4H3/b12-11+. The molecule has 1 unspecified atom stereocenters. The lowest BCUT2D eigenvalue weighted by molar-refractivity contribution is 0.349. The fourth-order valence-corrected chi connectivity index (χ4v) is 4.44. The van der Waals surface area contributed by atoms with E-state index in [9.17, 15) is 0 Å². The molecule has 1 aliphatic heterocycles. The van der Waals surface area contributed by atoms with Crippen LogP contribution in [0.4, 0.5) is 5.69 Å². The maximum atomic E-state index is 6.34. The van der Waals surface area contributed by atoms with E-state index in [-0.39, 0.29) is 6.04 Å². The van der Waals surface area contributed by atoms with Gasteiger partial charge in [-0.3, -0.25) is 5.01 Å². The first-order chi connectivity index (χ1) is 17.0. The van der Waals surface area contributed by atoms with Gasteiger partial charge >= 0.3 is 0 Å². The highest BCUT2D eigenvalue weighted by Gasteiger charge is 2.32. The molecule has 0 amide bonds. The van der Waals surface area contributed by atoms with Crippen LogP contribution in [0.15, 0.2) is 65.8 Å². The molecule has 4 rings (SSSR count). The Morgan fingerprint density at radius 1 is 0.800 bits per heavy atom. The summed E-state index contributed by atoms with van der Waals surface area (Å²) in [6, 6.07) is 16.9. The van der Waals surface area contributed by atoms with E-state index < -0.39 is 0 Å². The summed E-state index contributed by atoms with van der Waals surface area (Å²) in [7, 11) is 6.50. The van der Waals surface area contributed by atoms with Gasteiger partial charge in [0.15, 0.2) is 23.0 Å². The third kappa shape index (κ3) is 5.04. The summed E-state index contributed by atoms with van der Waals surface area (Å²) in [5.74, 6) is 2.65. The van der Waals surface area contributed by atoms with Crippen LogP contribution in [0.3, 0.4) is 0 Å². The van der Waals surface area contributed by atoms with Gasteiger partial charge in [0.1, 0.15) is 0 Å². The Bertz CT molecular complexity index is 1280. The SMILES string of the molecule is COc1cccc(/C=C/C2=NN(c3ccc(Cl)c(Cl)c3)C(c3cccc(OC)c3OC)C2)c1OC. The first-order valence-electron chi connectivity index (χ1n) is 10.9. The second-order valence-electron chi connectivity index (χ2n) is 7.75. The van der Waals surface area contributed by atoms with Crippen molar-refractivity contribution in [2.45, 2.75) is 12.5 Å². The minimum atomic E-state index is -0.149. The number of anilines is 1. The van der Waals surface area contributed by atoms with Gasteiger partial charge in [0, 0.05) is 17.5 Å². The fraction of sp³-hybridized carbons (Fsp3) is 0.222. The first-order valence-corrected chi connectivity index (χ1v) is 11.7. The van der Waals surface area contributed by atoms with Crippen molar-refractivity contribution in [2.75, 3.05) is 33.4 Å². The van der Waals surface area contributed by atoms with Gasteiger partial charge in [0.05, 0.1) is 55.9 Å². The third-order valence-electron chi connectivity index (χ3n) is 5.78. The molecule has 0 saturated heterocycles. The largest absolute Gasteiger partial charge is 0.493 e. The Kier molecular flexibility index (Phi) is 7.73. The number of benzene rings is 3. The Hall–Kier alpha value is -3.35. The molecule has 0 spiro atoms. The number of nitrogens with zero attached hydrogens (tertiary/aromatic N) is 2. The number of rotatable bonds is 8. The minimum absolute atomic E-state index is 0.149. The van der Waals surface area contributed by atoms with E-state index in [4.69, 9.17) is 47.3 Å². The Morgan fingerprint density at radius 3 is 2.14 bits per heavy atom. The third-order valence-corrected chi connectivity index (χ3v) is 6.52. The van der Waals surface area contributed by atoms with Gasteiger partial charge in [-0.2, -0.15) is 5.10 Å². The molecule has 3 aromatic rings. The minimum Gasteiger partial charge on any atom is -0.493 e. The first kappa shape index (κ1) is 24.8. The summed E-state index contributed by atoms with van der Waals surface area (Å²) >= 11 is 12.5. The van der Waals surface area contributed by atoms with E-state index in [0.29, 0.717) is 39.5 Å². The topological polar surface area (TPSA) is 52.5 Å². The van der Waals surface area contributed by atoms with Crippen LogP contribution in [0.2, 0.25) is 10.0 Å². The number of ether oxygens (including phenoxy) is 4. The molecule has 6 nitrogen and oxygen atoms in total. The molecule has 3 aromatic carbocycles. The molecule has 1 atom stereocenters. The Morgan fingerprint density at radius 2 is 1.49 bits per heavy atom. The monoisotopic (exact) mass is 512 g/mol. The lowest BCUT2D eigenvalue weighted by Gasteiger charge is -2.26. The van der Waals surface area contributed by atoms with Crippen LogP contribution in [-0.2, 0) is 0 Å². The van der Waals surface area contributed by atoms with Crippen LogP contribution < -0.4 is 24.0 Å². The van der Waals surface area contributed by atoms with Crippen LogP contribution in [0, 0.1) is 0 Å². The molecule has 0 N–H and O–H groups in total. The Balaban J connectivity index is 1.76. The highest BCUT2D eigenvalue weighted by atomic mass is 35.5. The molecule has 1 heterocycles. The van der Waals surface area contributed by atoms with E-state index in [1.54, 1.807) is 34.5 Å². The molecule has 1 aliphatic rings. The van der Waals surface area contributed by atoms with Gasteiger partial charge in [-0.1, -0.05) is 47.5 Å². The second kappa shape index (κ2) is 10.9. The molecular weight excluding hydrogens is 487 g/mol. The number of methoxy groups -OCH3 is 4. The smallest absolute Gasteiger partial charge is 0.167 e. The van der Waals surface area contributed by atoms with E-state index in [2.05, 4.69) is 0 Å². The number of hydrazone groups is 1. The van der Waals surface area contributed by atoms with Crippen LogP contribution in [-0.4, -0.2) is 34.2 Å². The average molecular weight is 513 g/mol. The maximum absolute atomic E-state index is 6.34. The number of halogens is 2. The molecule has 35 heavy (non-hydrogen) atoms. The molecule has 0 saturated carbocycles. The predicted octanol–water partition coefficient (Wildman–Crippen LogP) is 7.05. The maximum Gasteiger partial charge on any atom is 0.167 e. The van der Waals surface area contributed by atoms with Gasteiger partial charge in [0.2, 0.25) is 0 Å². The molecule has 0 aromatic heterocycles. The number of para-hydroxylation sites is 2. The number of hydrogen-bond acceptors (Lipinski definition) is 6. The summed E-state index contributed by atoms with van der Waals surface area (Å²) in [4.78, 5) is 0. The van der Waals surface area contributed by atoms with Crippen molar-refractivity contribution >= 4 is 40.7 Å². The van der Waals surface area contributed by atoms with Crippen LogP contribution in [0.1, 0.15) is 23.6 Å². The normalized spacial score (nSPS) is 15.3. The summed E-state index contributed by atoms with van der Waals surface area (Å²) < 4.78 is 22.2. The second-order valence-corrected chi connectivity index (χ2v) is 8.57. The average Bonchev–Trinajstić information content (AvgIpc) is 3.32. The van der Waals surface area contributed by atoms with Crippen molar-refractivity contribution in [1.82, 2.24) is 0 Å². The van der Waals surface area contributed by atoms with Crippen LogP contribution in [0.5, 0.6) is 23.0 Å². The van der Waals surface area contributed by atoms with Gasteiger partial charge < -0.3 is 18.9 Å². The van der Waals surface area contributed by atoms with E-state index in [1.807, 2.05) is 65.7 Å². The fourth-order valence-electron chi connectivity index (χ4n) is 4.15. The zero-order valence-corrected chi connectivity index (χ0v) is 21.4. The van der Waals surface area contributed by atoms with Crippen molar-refractivity contribution in [1.29, 1.82) is 0 Å². The summed E-state index contributed by atoms with van der Waals surface area (Å²) in [6.45, 7) is 0. The summed E-state index contributed by atoms with van der Waals surface area (Å²) in [5, 5.41) is 7.80. The van der Waals surface area contributed by atoms with E-state index in [1.165, 1.54) is 0 Å². The van der Waals surface area contributed by atoms with Crippen molar-refractivity contribution in [2.24, 2.45) is 5.10 Å². The zero-order chi connectivity index (χ0) is 24.9. The lowest BCUT2D eigenvalue weighted by atomic mass is 9.99. The molecule has 8 heteroatoms. The highest BCUT2D eigenvalue weighted by molar-refractivity contribution is 6.42. The molecular formula is C27H26Cl2N2O4. The lowest BCUT2D eigenvalue weighted by Crippen LogP contribution is -2.19. The van der Waals surface area contributed by atoms with Gasteiger partial charge in [-0.25, -0.2) is 0 Å². The van der Waals surface area contributed by atoms with Crippen molar-refractivity contribution in [3.8, 4) is 23.0 Å². The van der Waals surface area contributed by atoms with Crippen molar-refractivity contribution < 1.29 is 18.9 Å².